The average molecular weight is 295 g/mol. The smallest absolute Gasteiger partial charge is 0.258 e. The summed E-state index contributed by atoms with van der Waals surface area (Å²) in [4.78, 5) is 21.4. The highest BCUT2D eigenvalue weighted by Gasteiger charge is 2.11. The Labute approximate surface area is 127 Å². The van der Waals surface area contributed by atoms with Gasteiger partial charge < -0.3 is 9.88 Å². The van der Waals surface area contributed by atoms with Crippen LogP contribution in [-0.4, -0.2) is 27.2 Å². The van der Waals surface area contributed by atoms with Crippen LogP contribution in [0, 0.1) is 13.8 Å². The third kappa shape index (κ3) is 2.55. The quantitative estimate of drug-likeness (QED) is 0.799. The standard InChI is InChI=1S/C16H17N5O/c1-10-8-17-20-15(11(10)2)21(3)9-14-18-13-7-5-4-6-12(13)16(22)19-14/h4-8H,9H2,1-3H3,(H,18,19,22). The van der Waals surface area contributed by atoms with E-state index in [9.17, 15) is 4.79 Å². The number of fused-ring (bicyclic) bond motifs is 1. The van der Waals surface area contributed by atoms with Crippen molar-refractivity contribution < 1.29 is 0 Å². The first-order valence-electron chi connectivity index (χ1n) is 7.04. The third-order valence-corrected chi connectivity index (χ3v) is 3.74. The molecule has 0 bridgehead atoms. The van der Waals surface area contributed by atoms with E-state index in [-0.39, 0.29) is 5.56 Å². The monoisotopic (exact) mass is 295 g/mol. The van der Waals surface area contributed by atoms with Crippen LogP contribution in [0.2, 0.25) is 0 Å². The van der Waals surface area contributed by atoms with Crippen molar-refractivity contribution in [2.75, 3.05) is 11.9 Å². The summed E-state index contributed by atoms with van der Waals surface area (Å²) >= 11 is 0. The molecule has 3 aromatic rings. The number of nitrogens with zero attached hydrogens (tertiary/aromatic N) is 4. The van der Waals surface area contributed by atoms with E-state index >= 15 is 0 Å². The van der Waals surface area contributed by atoms with Crippen LogP contribution in [0.3, 0.4) is 0 Å². The largest absolute Gasteiger partial charge is 0.350 e. The number of aromatic amines is 1. The molecule has 0 unspecified atom stereocenters. The van der Waals surface area contributed by atoms with Gasteiger partial charge in [-0.3, -0.25) is 4.79 Å². The van der Waals surface area contributed by atoms with Crippen LogP contribution in [0.15, 0.2) is 35.3 Å². The van der Waals surface area contributed by atoms with Gasteiger partial charge >= 0.3 is 0 Å². The number of para-hydroxylation sites is 1. The van der Waals surface area contributed by atoms with E-state index in [2.05, 4.69) is 20.2 Å². The fourth-order valence-corrected chi connectivity index (χ4v) is 2.39. The van der Waals surface area contributed by atoms with E-state index in [4.69, 9.17) is 0 Å². The van der Waals surface area contributed by atoms with Crippen molar-refractivity contribution in [2.45, 2.75) is 20.4 Å². The maximum Gasteiger partial charge on any atom is 0.258 e. The molecule has 0 saturated carbocycles. The van der Waals surface area contributed by atoms with Gasteiger partial charge in [-0.25, -0.2) is 4.98 Å². The second kappa shape index (κ2) is 5.55. The van der Waals surface area contributed by atoms with Gasteiger partial charge in [0.25, 0.3) is 5.56 Å². The van der Waals surface area contributed by atoms with Crippen molar-refractivity contribution in [3.63, 3.8) is 0 Å². The zero-order valence-corrected chi connectivity index (χ0v) is 12.8. The number of H-pyrrole nitrogens is 1. The number of hydrogen-bond acceptors (Lipinski definition) is 5. The van der Waals surface area contributed by atoms with Gasteiger partial charge in [0.2, 0.25) is 0 Å². The summed E-state index contributed by atoms with van der Waals surface area (Å²) in [6.45, 7) is 4.46. The van der Waals surface area contributed by atoms with Gasteiger partial charge in [-0.05, 0) is 37.1 Å². The molecular weight excluding hydrogens is 278 g/mol. The van der Waals surface area contributed by atoms with Crippen LogP contribution >= 0.6 is 0 Å². The molecule has 0 radical (unpaired) electrons. The minimum atomic E-state index is -0.124. The van der Waals surface area contributed by atoms with E-state index in [1.54, 1.807) is 12.3 Å². The molecule has 6 heteroatoms. The topological polar surface area (TPSA) is 74.8 Å². The molecule has 1 N–H and O–H groups in total. The Morgan fingerprint density at radius 2 is 2.00 bits per heavy atom. The minimum Gasteiger partial charge on any atom is -0.350 e. The molecule has 0 fully saturated rings. The van der Waals surface area contributed by atoms with Gasteiger partial charge in [0.05, 0.1) is 23.6 Å². The van der Waals surface area contributed by atoms with Gasteiger partial charge in [-0.2, -0.15) is 5.10 Å². The maximum atomic E-state index is 12.1. The normalized spacial score (nSPS) is 10.9. The first-order chi connectivity index (χ1) is 10.6. The Bertz CT molecular complexity index is 887. The lowest BCUT2D eigenvalue weighted by molar-refractivity contribution is 0.804. The molecule has 0 amide bonds. The molecule has 2 aromatic heterocycles. The number of rotatable bonds is 3. The second-order valence-corrected chi connectivity index (χ2v) is 5.36. The van der Waals surface area contributed by atoms with Crippen LogP contribution in [-0.2, 0) is 6.54 Å². The van der Waals surface area contributed by atoms with Gasteiger partial charge in [-0.15, -0.1) is 5.10 Å². The molecule has 1 aromatic carbocycles. The number of aryl methyl sites for hydroxylation is 1. The molecule has 112 valence electrons. The Morgan fingerprint density at radius 3 is 2.82 bits per heavy atom. The summed E-state index contributed by atoms with van der Waals surface area (Å²) in [5.74, 6) is 1.39. The summed E-state index contributed by atoms with van der Waals surface area (Å²) < 4.78 is 0. The summed E-state index contributed by atoms with van der Waals surface area (Å²) in [6, 6.07) is 7.31. The number of anilines is 1. The number of nitrogens with one attached hydrogen (secondary N) is 1. The van der Waals surface area contributed by atoms with Gasteiger partial charge in [0, 0.05) is 7.05 Å². The Kier molecular flexibility index (Phi) is 3.58. The molecule has 3 rings (SSSR count). The number of hydrogen-bond donors (Lipinski definition) is 1. The lowest BCUT2D eigenvalue weighted by Gasteiger charge is -2.19. The Balaban J connectivity index is 1.96. The van der Waals surface area contributed by atoms with Crippen molar-refractivity contribution in [3.05, 3.63) is 57.8 Å². The van der Waals surface area contributed by atoms with E-state index in [0.717, 1.165) is 16.9 Å². The predicted octanol–water partition coefficient (Wildman–Crippen LogP) is 1.97. The summed E-state index contributed by atoms with van der Waals surface area (Å²) in [5, 5.41) is 8.76. The molecule has 22 heavy (non-hydrogen) atoms. The molecule has 0 spiro atoms. The Morgan fingerprint density at radius 1 is 1.23 bits per heavy atom. The highest BCUT2D eigenvalue weighted by Crippen LogP contribution is 2.18. The average Bonchev–Trinajstić information content (AvgIpc) is 2.50. The van der Waals surface area contributed by atoms with Crippen LogP contribution in [0.1, 0.15) is 17.0 Å². The molecule has 0 aliphatic heterocycles. The first-order valence-corrected chi connectivity index (χ1v) is 7.04. The highest BCUT2D eigenvalue weighted by molar-refractivity contribution is 5.77. The SMILES string of the molecule is Cc1cnnc(N(C)Cc2nc3ccccc3c(=O)[nH]2)c1C. The van der Waals surface area contributed by atoms with Gasteiger partial charge in [0.15, 0.2) is 5.82 Å². The highest BCUT2D eigenvalue weighted by atomic mass is 16.1. The molecule has 0 aliphatic rings. The molecule has 2 heterocycles. The lowest BCUT2D eigenvalue weighted by atomic mass is 10.2. The number of aromatic nitrogens is 4. The fourth-order valence-electron chi connectivity index (χ4n) is 2.39. The first kappa shape index (κ1) is 14.2. The second-order valence-electron chi connectivity index (χ2n) is 5.36. The van der Waals surface area contributed by atoms with Crippen molar-refractivity contribution in [3.8, 4) is 0 Å². The van der Waals surface area contributed by atoms with Crippen molar-refractivity contribution in [2.24, 2.45) is 0 Å². The molecule has 0 aliphatic carbocycles. The van der Waals surface area contributed by atoms with Crippen LogP contribution in [0.25, 0.3) is 10.9 Å². The zero-order valence-electron chi connectivity index (χ0n) is 12.8. The van der Waals surface area contributed by atoms with Crippen LogP contribution in [0.4, 0.5) is 5.82 Å². The van der Waals surface area contributed by atoms with Gasteiger partial charge in [-0.1, -0.05) is 12.1 Å². The third-order valence-electron chi connectivity index (χ3n) is 3.74. The van der Waals surface area contributed by atoms with E-state index < -0.39 is 0 Å². The van der Waals surface area contributed by atoms with Gasteiger partial charge in [0.1, 0.15) is 5.82 Å². The summed E-state index contributed by atoms with van der Waals surface area (Å²) in [7, 11) is 1.91. The Hall–Kier alpha value is -2.76. The van der Waals surface area contributed by atoms with Crippen molar-refractivity contribution >= 4 is 16.7 Å². The molecule has 6 nitrogen and oxygen atoms in total. The zero-order chi connectivity index (χ0) is 15.7. The van der Waals surface area contributed by atoms with Crippen molar-refractivity contribution in [1.29, 1.82) is 0 Å². The maximum absolute atomic E-state index is 12.1. The molecular formula is C16H17N5O. The predicted molar refractivity (Wildman–Crippen MR) is 86.0 cm³/mol. The van der Waals surface area contributed by atoms with E-state index in [1.807, 2.05) is 44.0 Å². The summed E-state index contributed by atoms with van der Waals surface area (Å²) in [6.07, 6.45) is 1.74. The van der Waals surface area contributed by atoms with Crippen molar-refractivity contribution in [1.82, 2.24) is 20.2 Å². The molecule has 0 atom stereocenters. The van der Waals surface area contributed by atoms with E-state index in [0.29, 0.717) is 23.3 Å². The van der Waals surface area contributed by atoms with Crippen LogP contribution in [0.5, 0.6) is 0 Å². The lowest BCUT2D eigenvalue weighted by Crippen LogP contribution is -2.23. The summed E-state index contributed by atoms with van der Waals surface area (Å²) in [5.41, 5.74) is 2.72. The fraction of sp³-hybridized carbons (Fsp3) is 0.250. The molecule has 0 saturated heterocycles. The van der Waals surface area contributed by atoms with E-state index in [1.165, 1.54) is 0 Å². The van der Waals surface area contributed by atoms with Crippen LogP contribution < -0.4 is 10.5 Å². The minimum absolute atomic E-state index is 0.124. The number of benzene rings is 1.